The topological polar surface area (TPSA) is 74.6 Å². The smallest absolute Gasteiger partial charge is 0.199 e. The number of aliphatic hydroxyl groups is 2. The second-order valence-electron chi connectivity index (χ2n) is 5.64. The molecule has 23 heavy (non-hydrogen) atoms. The van der Waals surface area contributed by atoms with Crippen molar-refractivity contribution in [3.8, 4) is 0 Å². The monoisotopic (exact) mass is 680 g/mol. The molecule has 0 aliphatic heterocycles. The zero-order chi connectivity index (χ0) is 16.2. The van der Waals surface area contributed by atoms with Crippen LogP contribution < -0.4 is 0 Å². The van der Waals surface area contributed by atoms with Gasteiger partial charge < -0.3 is 10.2 Å². The zero-order valence-electron chi connectivity index (χ0n) is 13.7. The summed E-state index contributed by atoms with van der Waals surface area (Å²) >= 11 is 0. The molecule has 2 N–H and O–H groups in total. The molecule has 0 aromatic heterocycles. The van der Waals surface area contributed by atoms with Crippen molar-refractivity contribution in [3.05, 3.63) is 41.3 Å². The second-order valence-corrected chi connectivity index (χ2v) is 7.44. The van der Waals surface area contributed by atoms with Gasteiger partial charge in [-0.3, -0.25) is 0 Å². The Morgan fingerprint density at radius 3 is 1.91 bits per heavy atom. The quantitative estimate of drug-likeness (QED) is 0.454. The van der Waals surface area contributed by atoms with E-state index in [1.165, 1.54) is 5.41 Å². The predicted octanol–water partition coefficient (Wildman–Crippen LogP) is 2.58. The Balaban J connectivity index is 0. The van der Waals surface area contributed by atoms with Crippen LogP contribution >= 0.6 is 0 Å². The largest absolute Gasteiger partial charge is 0.368 e. The molecule has 1 aromatic rings. The molecule has 1 aromatic carbocycles. The van der Waals surface area contributed by atoms with E-state index < -0.39 is 16.1 Å². The van der Waals surface area contributed by atoms with Crippen LogP contribution in [0, 0.1) is 17.8 Å². The Hall–Kier alpha value is 0.207. The first kappa shape index (κ1) is 25.4. The molecule has 0 saturated heterocycles. The number of rotatable bonds is 6. The maximum absolute atomic E-state index is 12.3. The molecule has 4 nitrogen and oxygen atoms in total. The fourth-order valence-electron chi connectivity index (χ4n) is 2.17. The molecule has 0 saturated carbocycles. The molecule has 0 heterocycles. The second kappa shape index (κ2) is 10.9. The van der Waals surface area contributed by atoms with Crippen LogP contribution in [0.25, 0.3) is 0 Å². The minimum Gasteiger partial charge on any atom is -0.368 e. The van der Waals surface area contributed by atoms with Crippen molar-refractivity contribution in [1.82, 2.24) is 0 Å². The summed E-state index contributed by atoms with van der Waals surface area (Å²) in [6.45, 7) is 7.29. The molecule has 0 fully saturated rings. The van der Waals surface area contributed by atoms with E-state index in [9.17, 15) is 18.6 Å². The van der Waals surface area contributed by atoms with E-state index in [-0.39, 0.29) is 64.8 Å². The van der Waals surface area contributed by atoms with Crippen molar-refractivity contribution >= 4 is 9.84 Å². The standard InChI is InChI=1S/C16H24O4S.2W/c1-11(12(2)13(3)14(4)16(17)18)10-21(19,20)15-8-6-5-7-9-15;;/h5-10,12-14,16-18H,1-4H3;;/b11-10+;;/t12?,13?,14-;;/m1../s1. The van der Waals surface area contributed by atoms with Crippen molar-refractivity contribution in [3.63, 3.8) is 0 Å². The van der Waals surface area contributed by atoms with Gasteiger partial charge in [-0.05, 0) is 30.9 Å². The summed E-state index contributed by atoms with van der Waals surface area (Å²) in [6.07, 6.45) is -1.40. The SMILES string of the molecule is C/C(=C\S(=O)(=O)c1ccccc1)C(C)C(C)[C@@H](C)C(O)O.[W].[W]. The molecule has 0 amide bonds. The van der Waals surface area contributed by atoms with Gasteiger partial charge in [-0.2, -0.15) is 0 Å². The van der Waals surface area contributed by atoms with Gasteiger partial charge in [0.15, 0.2) is 16.1 Å². The first-order chi connectivity index (χ1) is 9.66. The third-order valence-corrected chi connectivity index (χ3v) is 5.83. The first-order valence-corrected chi connectivity index (χ1v) is 8.56. The molecule has 0 spiro atoms. The van der Waals surface area contributed by atoms with Crippen LogP contribution in [-0.2, 0) is 52.0 Å². The Bertz CT molecular complexity index is 585. The molecule has 1 rings (SSSR count). The van der Waals surface area contributed by atoms with E-state index in [2.05, 4.69) is 0 Å². The van der Waals surface area contributed by atoms with Crippen molar-refractivity contribution < 1.29 is 60.8 Å². The summed E-state index contributed by atoms with van der Waals surface area (Å²) in [7, 11) is -3.47. The Kier molecular flexibility index (Phi) is 12.1. The van der Waals surface area contributed by atoms with Gasteiger partial charge in [-0.25, -0.2) is 8.42 Å². The minimum absolute atomic E-state index is 0. The third-order valence-electron chi connectivity index (χ3n) is 4.22. The summed E-state index contributed by atoms with van der Waals surface area (Å²) in [5.74, 6) is -0.449. The van der Waals surface area contributed by atoms with Crippen molar-refractivity contribution in [2.75, 3.05) is 0 Å². The van der Waals surface area contributed by atoms with Crippen molar-refractivity contribution in [2.24, 2.45) is 17.8 Å². The van der Waals surface area contributed by atoms with Crippen molar-refractivity contribution in [1.29, 1.82) is 0 Å². The van der Waals surface area contributed by atoms with E-state index in [0.29, 0.717) is 5.57 Å². The van der Waals surface area contributed by atoms with E-state index in [0.717, 1.165) is 0 Å². The number of aliphatic hydroxyl groups excluding tert-OH is 1. The van der Waals surface area contributed by atoms with Crippen LogP contribution in [0.15, 0.2) is 46.2 Å². The molecule has 7 heteroatoms. The number of benzene rings is 1. The zero-order valence-corrected chi connectivity index (χ0v) is 20.4. The number of hydrogen-bond donors (Lipinski definition) is 2. The minimum atomic E-state index is -3.47. The summed E-state index contributed by atoms with van der Waals surface area (Å²) < 4.78 is 24.6. The maximum Gasteiger partial charge on any atom is 0.199 e. The van der Waals surface area contributed by atoms with E-state index in [4.69, 9.17) is 0 Å². The first-order valence-electron chi connectivity index (χ1n) is 7.01. The molecular formula is C16H24O4SW2. The molecule has 2 unspecified atom stereocenters. The van der Waals surface area contributed by atoms with Crippen LogP contribution in [0.4, 0.5) is 0 Å². The average molecular weight is 680 g/mol. The summed E-state index contributed by atoms with van der Waals surface area (Å²) in [5, 5.41) is 19.8. The van der Waals surface area contributed by atoms with Crippen LogP contribution in [0.2, 0.25) is 0 Å². The summed E-state index contributed by atoms with van der Waals surface area (Å²) in [6, 6.07) is 8.27. The van der Waals surface area contributed by atoms with Gasteiger partial charge in [0.25, 0.3) is 0 Å². The molecule has 0 bridgehead atoms. The average Bonchev–Trinajstić information content (AvgIpc) is 2.45. The summed E-state index contributed by atoms with van der Waals surface area (Å²) in [4.78, 5) is 0.263. The Morgan fingerprint density at radius 1 is 1.00 bits per heavy atom. The van der Waals surface area contributed by atoms with Gasteiger partial charge in [0.05, 0.1) is 4.90 Å². The van der Waals surface area contributed by atoms with Gasteiger partial charge in [0.1, 0.15) is 0 Å². The van der Waals surface area contributed by atoms with Crippen LogP contribution in [0.5, 0.6) is 0 Å². The van der Waals surface area contributed by atoms with E-state index >= 15 is 0 Å². The molecule has 130 valence electrons. The van der Waals surface area contributed by atoms with Gasteiger partial charge >= 0.3 is 0 Å². The number of sulfone groups is 1. The molecule has 0 aliphatic carbocycles. The fraction of sp³-hybridized carbons (Fsp3) is 0.500. The van der Waals surface area contributed by atoms with Crippen molar-refractivity contribution in [2.45, 2.75) is 38.9 Å². The maximum atomic E-state index is 12.3. The normalized spacial score (nSPS) is 16.0. The van der Waals surface area contributed by atoms with Gasteiger partial charge in [-0.15, -0.1) is 0 Å². The number of allylic oxidation sites excluding steroid dienone is 1. The van der Waals surface area contributed by atoms with Gasteiger partial charge in [-0.1, -0.05) is 44.5 Å². The van der Waals surface area contributed by atoms with Gasteiger partial charge in [0.2, 0.25) is 0 Å². The van der Waals surface area contributed by atoms with E-state index in [1.807, 2.05) is 13.8 Å². The van der Waals surface area contributed by atoms with Gasteiger partial charge in [0, 0.05) is 53.5 Å². The van der Waals surface area contributed by atoms with Crippen LogP contribution in [0.1, 0.15) is 27.7 Å². The van der Waals surface area contributed by atoms with Crippen LogP contribution in [0.3, 0.4) is 0 Å². The fourth-order valence-corrected chi connectivity index (χ4v) is 3.55. The molecular weight excluding hydrogens is 656 g/mol. The summed E-state index contributed by atoms with van der Waals surface area (Å²) in [5.41, 5.74) is 0.707. The third kappa shape index (κ3) is 7.32. The molecule has 3 atom stereocenters. The molecule has 0 radical (unpaired) electrons. The Morgan fingerprint density at radius 2 is 1.48 bits per heavy atom. The van der Waals surface area contributed by atoms with Crippen LogP contribution in [-0.4, -0.2) is 24.9 Å². The predicted molar refractivity (Wildman–Crippen MR) is 83.1 cm³/mol. The van der Waals surface area contributed by atoms with E-state index in [1.54, 1.807) is 44.2 Å². The number of hydrogen-bond acceptors (Lipinski definition) is 4. The Labute approximate surface area is 167 Å². The molecule has 0 aliphatic rings.